The average Bonchev–Trinajstić information content (AvgIpc) is 2.56. The molecule has 0 unspecified atom stereocenters. The molecular formula is C19H27F3N2O6S. The van der Waals surface area contributed by atoms with Crippen molar-refractivity contribution in [1.82, 2.24) is 9.62 Å². The second kappa shape index (κ2) is 8.83. The molecule has 1 aromatic rings. The summed E-state index contributed by atoms with van der Waals surface area (Å²) in [5, 5.41) is 0. The fourth-order valence-electron chi connectivity index (χ4n) is 2.97. The Kier molecular flexibility index (Phi) is 7.18. The minimum Gasteiger partial charge on any atom is -0.444 e. The van der Waals surface area contributed by atoms with Crippen molar-refractivity contribution >= 4 is 16.1 Å². The van der Waals surface area contributed by atoms with Crippen LogP contribution in [0.5, 0.6) is 5.75 Å². The number of nitrogens with zero attached hydrogens (tertiary/aromatic N) is 1. The Morgan fingerprint density at radius 1 is 1.23 bits per heavy atom. The molecule has 0 saturated carbocycles. The molecule has 1 aliphatic heterocycles. The summed E-state index contributed by atoms with van der Waals surface area (Å²) >= 11 is 0. The normalized spacial score (nSPS) is 19.7. The van der Waals surface area contributed by atoms with Gasteiger partial charge in [0.1, 0.15) is 11.4 Å². The van der Waals surface area contributed by atoms with Gasteiger partial charge in [0.2, 0.25) is 10.0 Å². The van der Waals surface area contributed by atoms with E-state index in [1.54, 1.807) is 34.6 Å². The zero-order valence-electron chi connectivity index (χ0n) is 17.9. The van der Waals surface area contributed by atoms with Crippen molar-refractivity contribution in [2.45, 2.75) is 63.2 Å². The lowest BCUT2D eigenvalue weighted by atomic mass is 10.1. The predicted octanol–water partition coefficient (Wildman–Crippen LogP) is 3.28. The number of nitrogens with one attached hydrogen (secondary N) is 1. The Hall–Kier alpha value is -2.05. The number of rotatable bonds is 5. The van der Waals surface area contributed by atoms with Crippen LogP contribution in [0.2, 0.25) is 0 Å². The molecule has 1 saturated heterocycles. The summed E-state index contributed by atoms with van der Waals surface area (Å²) in [6.07, 6.45) is -6.06. The van der Waals surface area contributed by atoms with Gasteiger partial charge in [0.15, 0.2) is 0 Å². The van der Waals surface area contributed by atoms with Gasteiger partial charge >= 0.3 is 12.5 Å². The van der Waals surface area contributed by atoms with Gasteiger partial charge in [-0.2, -0.15) is 0 Å². The first-order chi connectivity index (χ1) is 14.0. The quantitative estimate of drug-likeness (QED) is 0.713. The summed E-state index contributed by atoms with van der Waals surface area (Å²) in [7, 11) is -4.03. The minimum absolute atomic E-state index is 0.110. The van der Waals surface area contributed by atoms with Crippen LogP contribution in [0.15, 0.2) is 29.2 Å². The van der Waals surface area contributed by atoms with Crippen molar-refractivity contribution in [3.8, 4) is 5.75 Å². The lowest BCUT2D eigenvalue weighted by Gasteiger charge is -2.42. The monoisotopic (exact) mass is 468 g/mol. The zero-order chi connectivity index (χ0) is 23.7. The highest BCUT2D eigenvalue weighted by atomic mass is 32.2. The maximum atomic E-state index is 12.5. The minimum atomic E-state index is -4.87. The molecule has 176 valence electrons. The standard InChI is InChI=1S/C19H27F3N2O6S/c1-17(2,3)30-16(25)24-11-14(28-18(4,5)12-24)10-23-31(26,27)15-8-6-13(7-9-15)29-19(20,21)22/h6-9,14,23H,10-12H2,1-5H3/t14-/m1/s1. The largest absolute Gasteiger partial charge is 0.573 e. The number of carbonyl (C=O) groups is 1. The van der Waals surface area contributed by atoms with Crippen LogP contribution in [-0.2, 0) is 19.5 Å². The van der Waals surface area contributed by atoms with Crippen LogP contribution in [-0.4, -0.2) is 62.7 Å². The molecule has 0 aromatic heterocycles. The van der Waals surface area contributed by atoms with E-state index in [0.717, 1.165) is 24.3 Å². The van der Waals surface area contributed by atoms with Gasteiger partial charge in [0.05, 0.1) is 29.7 Å². The fraction of sp³-hybridized carbons (Fsp3) is 0.632. The van der Waals surface area contributed by atoms with Crippen molar-refractivity contribution in [3.05, 3.63) is 24.3 Å². The molecule has 1 atom stereocenters. The predicted molar refractivity (Wildman–Crippen MR) is 105 cm³/mol. The third-order valence-corrected chi connectivity index (χ3v) is 5.44. The Morgan fingerprint density at radius 2 is 1.81 bits per heavy atom. The molecule has 12 heteroatoms. The van der Waals surface area contributed by atoms with Crippen molar-refractivity contribution in [1.29, 1.82) is 0 Å². The summed E-state index contributed by atoms with van der Waals surface area (Å²) in [5.41, 5.74) is -1.42. The molecule has 0 aliphatic carbocycles. The van der Waals surface area contributed by atoms with E-state index >= 15 is 0 Å². The molecule has 1 N–H and O–H groups in total. The van der Waals surface area contributed by atoms with Crippen LogP contribution >= 0.6 is 0 Å². The molecule has 0 spiro atoms. The molecule has 1 heterocycles. The highest BCUT2D eigenvalue weighted by Gasteiger charge is 2.38. The van der Waals surface area contributed by atoms with E-state index in [0.29, 0.717) is 0 Å². The highest BCUT2D eigenvalue weighted by molar-refractivity contribution is 7.89. The summed E-state index contributed by atoms with van der Waals surface area (Å²) in [4.78, 5) is 13.6. The molecule has 8 nitrogen and oxygen atoms in total. The smallest absolute Gasteiger partial charge is 0.444 e. The van der Waals surface area contributed by atoms with Gasteiger partial charge in [0, 0.05) is 6.54 Å². The SMILES string of the molecule is CC(C)(C)OC(=O)N1C[C@@H](CNS(=O)(=O)c2ccc(OC(F)(F)F)cc2)OC(C)(C)C1. The first-order valence-corrected chi connectivity index (χ1v) is 11.0. The van der Waals surface area contributed by atoms with E-state index in [4.69, 9.17) is 9.47 Å². The first kappa shape index (κ1) is 25.2. The molecule has 31 heavy (non-hydrogen) atoms. The number of sulfonamides is 1. The van der Waals surface area contributed by atoms with Gasteiger partial charge in [-0.3, -0.25) is 0 Å². The number of ether oxygens (including phenoxy) is 3. The number of hydrogen-bond acceptors (Lipinski definition) is 6. The van der Waals surface area contributed by atoms with Gasteiger partial charge in [0.25, 0.3) is 0 Å². The molecule has 1 aliphatic rings. The molecule has 0 bridgehead atoms. The first-order valence-electron chi connectivity index (χ1n) is 9.47. The van der Waals surface area contributed by atoms with Gasteiger partial charge in [-0.05, 0) is 58.9 Å². The van der Waals surface area contributed by atoms with Crippen LogP contribution in [0.4, 0.5) is 18.0 Å². The van der Waals surface area contributed by atoms with E-state index in [-0.39, 0.29) is 24.5 Å². The van der Waals surface area contributed by atoms with Crippen molar-refractivity contribution in [2.75, 3.05) is 19.6 Å². The Bertz CT molecular complexity index is 879. The second-order valence-electron chi connectivity index (χ2n) is 8.73. The number of amides is 1. The van der Waals surface area contributed by atoms with E-state index in [1.807, 2.05) is 0 Å². The summed E-state index contributed by atoms with van der Waals surface area (Å²) in [6.45, 7) is 9.00. The summed E-state index contributed by atoms with van der Waals surface area (Å²) in [5.74, 6) is -0.531. The molecular weight excluding hydrogens is 441 g/mol. The molecule has 1 fully saturated rings. The van der Waals surface area contributed by atoms with Crippen LogP contribution in [0.1, 0.15) is 34.6 Å². The number of benzene rings is 1. The van der Waals surface area contributed by atoms with E-state index < -0.39 is 45.5 Å². The van der Waals surface area contributed by atoms with Crippen LogP contribution < -0.4 is 9.46 Å². The van der Waals surface area contributed by atoms with Gasteiger partial charge < -0.3 is 19.1 Å². The van der Waals surface area contributed by atoms with E-state index in [1.165, 1.54) is 4.90 Å². The highest BCUT2D eigenvalue weighted by Crippen LogP contribution is 2.25. The number of alkyl halides is 3. The number of carbonyl (C=O) groups excluding carboxylic acids is 1. The van der Waals surface area contributed by atoms with Crippen molar-refractivity contribution < 1.29 is 40.6 Å². The third-order valence-electron chi connectivity index (χ3n) is 4.00. The average molecular weight is 468 g/mol. The third kappa shape index (κ3) is 8.19. The Labute approximate surface area is 179 Å². The summed E-state index contributed by atoms with van der Waals surface area (Å²) < 4.78 is 79.1. The maximum Gasteiger partial charge on any atom is 0.573 e. The van der Waals surface area contributed by atoms with E-state index in [9.17, 15) is 26.4 Å². The fourth-order valence-corrected chi connectivity index (χ4v) is 4.04. The Balaban J connectivity index is 2.03. The summed E-state index contributed by atoms with van der Waals surface area (Å²) in [6, 6.07) is 3.82. The van der Waals surface area contributed by atoms with Gasteiger partial charge in [-0.15, -0.1) is 13.2 Å². The maximum absolute atomic E-state index is 12.5. The molecule has 0 radical (unpaired) electrons. The molecule has 1 aromatic carbocycles. The number of hydrogen-bond donors (Lipinski definition) is 1. The topological polar surface area (TPSA) is 94.2 Å². The van der Waals surface area contributed by atoms with E-state index in [2.05, 4.69) is 9.46 Å². The van der Waals surface area contributed by atoms with Crippen molar-refractivity contribution in [3.63, 3.8) is 0 Å². The second-order valence-corrected chi connectivity index (χ2v) is 10.5. The molecule has 2 rings (SSSR count). The Morgan fingerprint density at radius 3 is 2.32 bits per heavy atom. The van der Waals surface area contributed by atoms with Gasteiger partial charge in [-0.25, -0.2) is 17.9 Å². The van der Waals surface area contributed by atoms with Crippen LogP contribution in [0.3, 0.4) is 0 Å². The van der Waals surface area contributed by atoms with Crippen molar-refractivity contribution in [2.24, 2.45) is 0 Å². The zero-order valence-corrected chi connectivity index (χ0v) is 18.8. The van der Waals surface area contributed by atoms with Gasteiger partial charge in [-0.1, -0.05) is 0 Å². The van der Waals surface area contributed by atoms with Crippen LogP contribution in [0, 0.1) is 0 Å². The lowest BCUT2D eigenvalue weighted by molar-refractivity contribution is -0.274. The number of morpholine rings is 1. The lowest BCUT2D eigenvalue weighted by Crippen LogP contribution is -2.57. The number of halogens is 3. The molecule has 1 amide bonds. The van der Waals surface area contributed by atoms with Crippen LogP contribution in [0.25, 0.3) is 0 Å².